The second-order valence-electron chi connectivity index (χ2n) is 6.67. The Hall–Kier alpha value is -1.40. The van der Waals surface area contributed by atoms with Gasteiger partial charge in [0.25, 0.3) is 0 Å². The van der Waals surface area contributed by atoms with Crippen LogP contribution in [0.15, 0.2) is 6.20 Å². The number of carboxylic acids is 1. The van der Waals surface area contributed by atoms with Gasteiger partial charge in [0.05, 0.1) is 5.92 Å². The van der Waals surface area contributed by atoms with Gasteiger partial charge in [0, 0.05) is 44.1 Å². The number of carboxylic acid groups (broad SMARTS) is 1. The second-order valence-corrected chi connectivity index (χ2v) is 6.67. The van der Waals surface area contributed by atoms with E-state index >= 15 is 0 Å². The zero-order chi connectivity index (χ0) is 15.5. The monoisotopic (exact) mass is 306 g/mol. The molecule has 3 heterocycles. The normalized spacial score (nSPS) is 25.4. The van der Waals surface area contributed by atoms with E-state index in [0.717, 1.165) is 64.2 Å². The molecule has 22 heavy (non-hydrogen) atoms. The molecule has 2 aliphatic heterocycles. The van der Waals surface area contributed by atoms with E-state index in [-0.39, 0.29) is 5.92 Å². The molecule has 1 aromatic heterocycles. The third-order valence-corrected chi connectivity index (χ3v) is 5.02. The van der Waals surface area contributed by atoms with Crippen molar-refractivity contribution >= 4 is 5.97 Å². The zero-order valence-electron chi connectivity index (χ0n) is 13.3. The summed E-state index contributed by atoms with van der Waals surface area (Å²) < 4.78 is 0. The fraction of sp³-hybridized carbons (Fsp3) is 0.750. The van der Waals surface area contributed by atoms with Crippen LogP contribution in [0.5, 0.6) is 0 Å². The summed E-state index contributed by atoms with van der Waals surface area (Å²) in [6.07, 6.45) is 6.05. The highest BCUT2D eigenvalue weighted by Crippen LogP contribution is 2.24. The van der Waals surface area contributed by atoms with Crippen molar-refractivity contribution in [2.45, 2.75) is 45.2 Å². The first-order valence-corrected chi connectivity index (χ1v) is 8.31. The maximum atomic E-state index is 11.2. The van der Waals surface area contributed by atoms with Gasteiger partial charge < -0.3 is 10.1 Å². The number of rotatable bonds is 4. The van der Waals surface area contributed by atoms with Crippen LogP contribution in [0.3, 0.4) is 0 Å². The smallest absolute Gasteiger partial charge is 0.307 e. The third-order valence-electron chi connectivity index (χ3n) is 5.02. The number of likely N-dealkylation sites (tertiary alicyclic amines) is 2. The molecule has 2 saturated heterocycles. The highest BCUT2D eigenvalue weighted by atomic mass is 16.4. The maximum Gasteiger partial charge on any atom is 0.307 e. The molecule has 2 fully saturated rings. The van der Waals surface area contributed by atoms with E-state index in [1.54, 1.807) is 0 Å². The molecule has 122 valence electrons. The lowest BCUT2D eigenvalue weighted by Gasteiger charge is -2.41. The Bertz CT molecular complexity index is 508. The predicted octanol–water partition coefficient (Wildman–Crippen LogP) is 1.48. The lowest BCUT2D eigenvalue weighted by atomic mass is 9.94. The minimum Gasteiger partial charge on any atom is -0.481 e. The first-order chi connectivity index (χ1) is 10.6. The number of aromatic amines is 1. The van der Waals surface area contributed by atoms with Gasteiger partial charge in [-0.05, 0) is 39.2 Å². The van der Waals surface area contributed by atoms with Gasteiger partial charge in [-0.15, -0.1) is 0 Å². The molecule has 0 aromatic carbocycles. The van der Waals surface area contributed by atoms with Crippen LogP contribution in [0.25, 0.3) is 0 Å². The van der Waals surface area contributed by atoms with Gasteiger partial charge in [0.1, 0.15) is 5.82 Å². The van der Waals surface area contributed by atoms with E-state index in [1.165, 1.54) is 5.69 Å². The Morgan fingerprint density at radius 1 is 1.36 bits per heavy atom. The summed E-state index contributed by atoms with van der Waals surface area (Å²) in [5, 5.41) is 9.22. The van der Waals surface area contributed by atoms with Crippen molar-refractivity contribution in [3.63, 3.8) is 0 Å². The Balaban J connectivity index is 1.48. The number of nitrogens with one attached hydrogen (secondary N) is 1. The highest BCUT2D eigenvalue weighted by Gasteiger charge is 2.31. The summed E-state index contributed by atoms with van der Waals surface area (Å²) in [5.41, 5.74) is 1.18. The Morgan fingerprint density at radius 2 is 2.14 bits per heavy atom. The van der Waals surface area contributed by atoms with E-state index in [0.29, 0.717) is 6.04 Å². The highest BCUT2D eigenvalue weighted by molar-refractivity contribution is 5.70. The summed E-state index contributed by atoms with van der Waals surface area (Å²) in [7, 11) is 0. The minimum absolute atomic E-state index is 0.167. The lowest BCUT2D eigenvalue weighted by molar-refractivity contribution is -0.144. The SMILES string of the molecule is Cc1ncc(CN2CCC(N3CCCC(C(=O)O)C3)CC2)[nH]1. The Labute approximate surface area is 131 Å². The third kappa shape index (κ3) is 3.67. The maximum absolute atomic E-state index is 11.2. The van der Waals surface area contributed by atoms with Crippen molar-refractivity contribution in [3.8, 4) is 0 Å². The zero-order valence-corrected chi connectivity index (χ0v) is 13.3. The summed E-state index contributed by atoms with van der Waals surface area (Å²) in [6.45, 7) is 6.87. The van der Waals surface area contributed by atoms with Crippen LogP contribution < -0.4 is 0 Å². The van der Waals surface area contributed by atoms with Gasteiger partial charge in [-0.1, -0.05) is 0 Å². The molecular weight excluding hydrogens is 280 g/mol. The van der Waals surface area contributed by atoms with Crippen molar-refractivity contribution in [3.05, 3.63) is 17.7 Å². The Morgan fingerprint density at radius 3 is 2.77 bits per heavy atom. The second kappa shape index (κ2) is 6.79. The number of hydrogen-bond donors (Lipinski definition) is 2. The number of imidazole rings is 1. The number of nitrogens with zero attached hydrogens (tertiary/aromatic N) is 3. The lowest BCUT2D eigenvalue weighted by Crippen LogP contribution is -2.49. The average molecular weight is 306 g/mol. The number of aryl methyl sites for hydroxylation is 1. The quantitative estimate of drug-likeness (QED) is 0.881. The van der Waals surface area contributed by atoms with Gasteiger partial charge in [-0.3, -0.25) is 14.6 Å². The van der Waals surface area contributed by atoms with Crippen molar-refractivity contribution in [1.29, 1.82) is 0 Å². The summed E-state index contributed by atoms with van der Waals surface area (Å²) >= 11 is 0. The molecule has 3 rings (SSSR count). The van der Waals surface area contributed by atoms with Crippen LogP contribution in [-0.2, 0) is 11.3 Å². The van der Waals surface area contributed by atoms with Crippen molar-refractivity contribution < 1.29 is 9.90 Å². The molecule has 0 bridgehead atoms. The fourth-order valence-corrected chi connectivity index (χ4v) is 3.78. The number of carbonyl (C=O) groups is 1. The van der Waals surface area contributed by atoms with Gasteiger partial charge in [0.2, 0.25) is 0 Å². The first-order valence-electron chi connectivity index (χ1n) is 8.31. The first kappa shape index (κ1) is 15.5. The number of hydrogen-bond acceptors (Lipinski definition) is 4. The fourth-order valence-electron chi connectivity index (χ4n) is 3.78. The van der Waals surface area contributed by atoms with Crippen molar-refractivity contribution in [1.82, 2.24) is 19.8 Å². The molecule has 2 aliphatic rings. The number of H-pyrrole nitrogens is 1. The molecule has 2 N–H and O–H groups in total. The van der Waals surface area contributed by atoms with Crippen LogP contribution in [0.1, 0.15) is 37.2 Å². The molecule has 0 aliphatic carbocycles. The van der Waals surface area contributed by atoms with Crippen LogP contribution in [0.2, 0.25) is 0 Å². The predicted molar refractivity (Wildman–Crippen MR) is 83.6 cm³/mol. The average Bonchev–Trinajstić information content (AvgIpc) is 2.93. The molecule has 1 aromatic rings. The topological polar surface area (TPSA) is 72.5 Å². The molecule has 6 nitrogen and oxygen atoms in total. The molecule has 0 spiro atoms. The number of aliphatic carboxylic acids is 1. The van der Waals surface area contributed by atoms with Crippen LogP contribution >= 0.6 is 0 Å². The van der Waals surface area contributed by atoms with Crippen molar-refractivity contribution in [2.24, 2.45) is 5.92 Å². The van der Waals surface area contributed by atoms with E-state index in [9.17, 15) is 9.90 Å². The van der Waals surface area contributed by atoms with Crippen molar-refractivity contribution in [2.75, 3.05) is 26.2 Å². The standard InChI is InChI=1S/C16H26N4O2/c1-12-17-9-14(18-12)11-19-7-4-15(5-8-19)20-6-2-3-13(10-20)16(21)22/h9,13,15H,2-8,10-11H2,1H3,(H,17,18)(H,21,22). The van der Waals surface area contributed by atoms with Gasteiger partial charge in [-0.25, -0.2) is 4.98 Å². The van der Waals surface area contributed by atoms with Crippen LogP contribution in [-0.4, -0.2) is 63.1 Å². The molecular formula is C16H26N4O2. The van der Waals surface area contributed by atoms with Gasteiger partial charge in [-0.2, -0.15) is 0 Å². The molecule has 1 atom stereocenters. The largest absolute Gasteiger partial charge is 0.481 e. The van der Waals surface area contributed by atoms with Crippen LogP contribution in [0.4, 0.5) is 0 Å². The molecule has 0 saturated carbocycles. The summed E-state index contributed by atoms with van der Waals surface area (Å²) in [5.74, 6) is 0.175. The van der Waals surface area contributed by atoms with Gasteiger partial charge >= 0.3 is 5.97 Å². The van der Waals surface area contributed by atoms with Gasteiger partial charge in [0.15, 0.2) is 0 Å². The van der Waals surface area contributed by atoms with E-state index in [2.05, 4.69) is 19.8 Å². The van der Waals surface area contributed by atoms with Crippen LogP contribution in [0, 0.1) is 12.8 Å². The van der Waals surface area contributed by atoms with E-state index < -0.39 is 5.97 Å². The molecule has 1 unspecified atom stereocenters. The summed E-state index contributed by atoms with van der Waals surface area (Å²) in [6, 6.07) is 0.557. The summed E-state index contributed by atoms with van der Waals surface area (Å²) in [4.78, 5) is 23.6. The number of aromatic nitrogens is 2. The number of piperidine rings is 2. The molecule has 0 amide bonds. The molecule has 6 heteroatoms. The van der Waals surface area contributed by atoms with E-state index in [4.69, 9.17) is 0 Å². The minimum atomic E-state index is -0.628. The molecule has 0 radical (unpaired) electrons. The Kier molecular flexibility index (Phi) is 4.78. The van der Waals surface area contributed by atoms with E-state index in [1.807, 2.05) is 13.1 Å².